The Morgan fingerprint density at radius 1 is 1.19 bits per heavy atom. The lowest BCUT2D eigenvalue weighted by Crippen LogP contribution is -2.35. The summed E-state index contributed by atoms with van der Waals surface area (Å²) in [5.41, 5.74) is 1.99. The second kappa shape index (κ2) is 10.2. The van der Waals surface area contributed by atoms with Crippen LogP contribution < -0.4 is 9.64 Å². The molecular weight excluding hydrogens is 428 g/mol. The minimum atomic E-state index is -3.29. The highest BCUT2D eigenvalue weighted by Gasteiger charge is 2.36. The van der Waals surface area contributed by atoms with Crippen LogP contribution in [0.5, 0.6) is 5.75 Å². The first kappa shape index (κ1) is 23.8. The minimum absolute atomic E-state index is 0.0215. The number of sulfone groups is 1. The van der Waals surface area contributed by atoms with Crippen molar-refractivity contribution in [2.75, 3.05) is 37.9 Å². The predicted octanol–water partition coefficient (Wildman–Crippen LogP) is 2.93. The Morgan fingerprint density at radius 2 is 1.94 bits per heavy atom. The van der Waals surface area contributed by atoms with Crippen LogP contribution in [-0.4, -0.2) is 58.1 Å². The fourth-order valence-corrected chi connectivity index (χ4v) is 4.54. The third-order valence-corrected chi connectivity index (χ3v) is 6.76. The Kier molecular flexibility index (Phi) is 7.56. The Balaban J connectivity index is 1.50. The number of ether oxygens (including phenoxy) is 1. The van der Waals surface area contributed by atoms with E-state index in [0.29, 0.717) is 31.9 Å². The van der Waals surface area contributed by atoms with E-state index in [1.54, 1.807) is 29.0 Å². The fourth-order valence-electron chi connectivity index (χ4n) is 3.89. The standard InChI is InChI=1S/C24H30N2O5S/c1-4-18-9-5-6-12-22(18)26-17-19(15-23(26)27)24(28)25(2)13-8-14-31-20-10-7-11-21(16-20)32(3,29)30/h5-7,9-12,16,19H,4,8,13-15,17H2,1-3H3. The molecule has 0 aliphatic carbocycles. The van der Waals surface area contributed by atoms with Crippen molar-refractivity contribution in [2.24, 2.45) is 5.92 Å². The second-order valence-electron chi connectivity index (χ2n) is 8.10. The molecule has 0 N–H and O–H groups in total. The van der Waals surface area contributed by atoms with Gasteiger partial charge in [0, 0.05) is 38.5 Å². The molecule has 0 spiro atoms. The second-order valence-corrected chi connectivity index (χ2v) is 10.1. The summed E-state index contributed by atoms with van der Waals surface area (Å²) in [6, 6.07) is 14.2. The zero-order valence-corrected chi connectivity index (χ0v) is 19.6. The number of carbonyl (C=O) groups is 2. The van der Waals surface area contributed by atoms with Gasteiger partial charge in [-0.2, -0.15) is 0 Å². The molecule has 0 bridgehead atoms. The first-order valence-electron chi connectivity index (χ1n) is 10.8. The van der Waals surface area contributed by atoms with Gasteiger partial charge >= 0.3 is 0 Å². The van der Waals surface area contributed by atoms with Crippen LogP contribution in [0.1, 0.15) is 25.3 Å². The highest BCUT2D eigenvalue weighted by Crippen LogP contribution is 2.29. The SMILES string of the molecule is CCc1ccccc1N1CC(C(=O)N(C)CCCOc2cccc(S(C)(=O)=O)c2)CC1=O. The molecule has 2 aromatic carbocycles. The van der Waals surface area contributed by atoms with Gasteiger partial charge in [0.15, 0.2) is 9.84 Å². The van der Waals surface area contributed by atoms with Gasteiger partial charge in [0.2, 0.25) is 11.8 Å². The number of para-hydroxylation sites is 1. The summed E-state index contributed by atoms with van der Waals surface area (Å²) < 4.78 is 29.0. The number of nitrogens with zero attached hydrogens (tertiary/aromatic N) is 2. The van der Waals surface area contributed by atoms with Gasteiger partial charge in [-0.3, -0.25) is 9.59 Å². The fraction of sp³-hybridized carbons (Fsp3) is 0.417. The third kappa shape index (κ3) is 5.68. The van der Waals surface area contributed by atoms with E-state index in [0.717, 1.165) is 23.9 Å². The molecule has 3 rings (SSSR count). The van der Waals surface area contributed by atoms with Crippen LogP contribution in [0.3, 0.4) is 0 Å². The molecule has 2 aromatic rings. The van der Waals surface area contributed by atoms with Crippen molar-refractivity contribution < 1.29 is 22.7 Å². The molecule has 1 heterocycles. The molecular formula is C24H30N2O5S. The van der Waals surface area contributed by atoms with Gasteiger partial charge in [-0.25, -0.2) is 8.42 Å². The molecule has 1 aliphatic heterocycles. The highest BCUT2D eigenvalue weighted by atomic mass is 32.2. The van der Waals surface area contributed by atoms with Gasteiger partial charge in [0.25, 0.3) is 0 Å². The number of carbonyl (C=O) groups excluding carboxylic acids is 2. The van der Waals surface area contributed by atoms with Crippen molar-refractivity contribution >= 4 is 27.3 Å². The Labute approximate surface area is 189 Å². The number of anilines is 1. The van der Waals surface area contributed by atoms with Crippen molar-refractivity contribution in [3.63, 3.8) is 0 Å². The van der Waals surface area contributed by atoms with Crippen LogP contribution in [-0.2, 0) is 25.8 Å². The quantitative estimate of drug-likeness (QED) is 0.540. The average Bonchev–Trinajstić information content (AvgIpc) is 3.17. The Hall–Kier alpha value is -2.87. The number of hydrogen-bond donors (Lipinski definition) is 0. The van der Waals surface area contributed by atoms with Crippen LogP contribution in [0.4, 0.5) is 5.69 Å². The van der Waals surface area contributed by atoms with E-state index in [1.807, 2.05) is 24.3 Å². The Morgan fingerprint density at radius 3 is 2.66 bits per heavy atom. The number of amides is 2. The highest BCUT2D eigenvalue weighted by molar-refractivity contribution is 7.90. The van der Waals surface area contributed by atoms with Crippen molar-refractivity contribution in [1.29, 1.82) is 0 Å². The van der Waals surface area contributed by atoms with E-state index in [9.17, 15) is 18.0 Å². The average molecular weight is 459 g/mol. The zero-order chi connectivity index (χ0) is 23.3. The lowest BCUT2D eigenvalue weighted by atomic mass is 10.1. The summed E-state index contributed by atoms with van der Waals surface area (Å²) in [7, 11) is -1.55. The number of hydrogen-bond acceptors (Lipinski definition) is 5. The molecule has 1 saturated heterocycles. The molecule has 0 aromatic heterocycles. The monoisotopic (exact) mass is 458 g/mol. The van der Waals surface area contributed by atoms with Gasteiger partial charge < -0.3 is 14.5 Å². The van der Waals surface area contributed by atoms with Gasteiger partial charge in [-0.15, -0.1) is 0 Å². The summed E-state index contributed by atoms with van der Waals surface area (Å²) in [5.74, 6) is 0.0546. The zero-order valence-electron chi connectivity index (χ0n) is 18.8. The summed E-state index contributed by atoms with van der Waals surface area (Å²) in [6.07, 6.45) is 2.79. The van der Waals surface area contributed by atoms with Gasteiger partial charge in [0.1, 0.15) is 5.75 Å². The summed E-state index contributed by atoms with van der Waals surface area (Å²) in [4.78, 5) is 29.1. The number of aryl methyl sites for hydroxylation is 1. The third-order valence-electron chi connectivity index (χ3n) is 5.65. The molecule has 1 unspecified atom stereocenters. The molecule has 1 aliphatic rings. The van der Waals surface area contributed by atoms with Crippen LogP contribution >= 0.6 is 0 Å². The molecule has 2 amide bonds. The first-order valence-corrected chi connectivity index (χ1v) is 12.7. The van der Waals surface area contributed by atoms with Gasteiger partial charge in [-0.1, -0.05) is 31.2 Å². The molecule has 172 valence electrons. The maximum atomic E-state index is 12.9. The van der Waals surface area contributed by atoms with E-state index in [-0.39, 0.29) is 29.0 Å². The van der Waals surface area contributed by atoms with Gasteiger partial charge in [0.05, 0.1) is 17.4 Å². The largest absolute Gasteiger partial charge is 0.493 e. The normalized spacial score (nSPS) is 16.3. The van der Waals surface area contributed by atoms with Crippen molar-refractivity contribution in [3.8, 4) is 5.75 Å². The first-order chi connectivity index (χ1) is 15.2. The van der Waals surface area contributed by atoms with Crippen molar-refractivity contribution in [3.05, 3.63) is 54.1 Å². The molecule has 8 heteroatoms. The lowest BCUT2D eigenvalue weighted by molar-refractivity contribution is -0.134. The van der Waals surface area contributed by atoms with Crippen LogP contribution in [0.25, 0.3) is 0 Å². The van der Waals surface area contributed by atoms with Crippen LogP contribution in [0, 0.1) is 5.92 Å². The summed E-state index contributed by atoms with van der Waals surface area (Å²) >= 11 is 0. The van der Waals surface area contributed by atoms with Gasteiger partial charge in [-0.05, 0) is 42.7 Å². The molecule has 7 nitrogen and oxygen atoms in total. The lowest BCUT2D eigenvalue weighted by Gasteiger charge is -2.22. The molecule has 0 saturated carbocycles. The van der Waals surface area contributed by atoms with Crippen molar-refractivity contribution in [1.82, 2.24) is 4.90 Å². The minimum Gasteiger partial charge on any atom is -0.493 e. The van der Waals surface area contributed by atoms with Crippen LogP contribution in [0.2, 0.25) is 0 Å². The van der Waals surface area contributed by atoms with Crippen molar-refractivity contribution in [2.45, 2.75) is 31.1 Å². The number of benzene rings is 2. The molecule has 32 heavy (non-hydrogen) atoms. The molecule has 1 atom stereocenters. The van der Waals surface area contributed by atoms with E-state index in [1.165, 1.54) is 12.1 Å². The smallest absolute Gasteiger partial charge is 0.227 e. The van der Waals surface area contributed by atoms with E-state index in [2.05, 4.69) is 6.92 Å². The topological polar surface area (TPSA) is 84.0 Å². The van der Waals surface area contributed by atoms with Crippen LogP contribution in [0.15, 0.2) is 53.4 Å². The molecule has 0 radical (unpaired) electrons. The van der Waals surface area contributed by atoms with E-state index < -0.39 is 9.84 Å². The summed E-state index contributed by atoms with van der Waals surface area (Å²) in [6.45, 7) is 3.29. The number of rotatable bonds is 9. The summed E-state index contributed by atoms with van der Waals surface area (Å²) in [5, 5.41) is 0. The Bertz CT molecular complexity index is 1080. The maximum absolute atomic E-state index is 12.9. The van der Waals surface area contributed by atoms with E-state index in [4.69, 9.17) is 4.74 Å². The molecule has 1 fully saturated rings. The predicted molar refractivity (Wildman–Crippen MR) is 124 cm³/mol. The maximum Gasteiger partial charge on any atom is 0.227 e. The van der Waals surface area contributed by atoms with E-state index >= 15 is 0 Å².